The second-order valence-electron chi connectivity index (χ2n) is 5.49. The van der Waals surface area contributed by atoms with E-state index in [1.54, 1.807) is 43.4 Å². The molecular formula is C17H13BrClNO3. The Bertz CT molecular complexity index is 806. The summed E-state index contributed by atoms with van der Waals surface area (Å²) < 4.78 is 0.849. The summed E-state index contributed by atoms with van der Waals surface area (Å²) in [4.78, 5) is 26.3. The van der Waals surface area contributed by atoms with E-state index in [1.807, 2.05) is 0 Å². The molecule has 0 fully saturated rings. The number of likely N-dealkylation sites (N-methyl/N-ethyl adjacent to an activating group) is 1. The Hall–Kier alpha value is -1.69. The molecule has 0 saturated carbocycles. The number of nitrogens with zero attached hydrogens (tertiary/aromatic N) is 1. The molecule has 1 heterocycles. The number of anilines is 1. The number of benzene rings is 2. The van der Waals surface area contributed by atoms with Crippen molar-refractivity contribution < 1.29 is 14.7 Å². The van der Waals surface area contributed by atoms with E-state index < -0.39 is 11.5 Å². The summed E-state index contributed by atoms with van der Waals surface area (Å²) >= 11 is 9.29. The fraction of sp³-hybridized carbons (Fsp3) is 0.176. The van der Waals surface area contributed by atoms with Gasteiger partial charge in [0.15, 0.2) is 11.4 Å². The van der Waals surface area contributed by atoms with Gasteiger partial charge in [-0.15, -0.1) is 0 Å². The largest absolute Gasteiger partial charge is 0.375 e. The minimum absolute atomic E-state index is 0.311. The molecule has 2 aromatic rings. The maximum Gasteiger partial charge on any atom is 0.263 e. The summed E-state index contributed by atoms with van der Waals surface area (Å²) in [6.45, 7) is 0. The van der Waals surface area contributed by atoms with Gasteiger partial charge in [-0.2, -0.15) is 0 Å². The topological polar surface area (TPSA) is 57.6 Å². The molecule has 1 atom stereocenters. The molecule has 0 radical (unpaired) electrons. The minimum atomic E-state index is -1.89. The van der Waals surface area contributed by atoms with Gasteiger partial charge in [0.25, 0.3) is 5.91 Å². The van der Waals surface area contributed by atoms with Crippen LogP contribution in [0, 0.1) is 0 Å². The van der Waals surface area contributed by atoms with Crippen LogP contribution in [0.2, 0.25) is 5.02 Å². The van der Waals surface area contributed by atoms with Crippen molar-refractivity contribution in [3.05, 3.63) is 63.1 Å². The van der Waals surface area contributed by atoms with Crippen LogP contribution in [0.25, 0.3) is 0 Å². The average Bonchev–Trinajstić information content (AvgIpc) is 2.70. The quantitative estimate of drug-likeness (QED) is 0.810. The van der Waals surface area contributed by atoms with E-state index in [1.165, 1.54) is 11.0 Å². The van der Waals surface area contributed by atoms with Crippen molar-refractivity contribution in [2.75, 3.05) is 11.9 Å². The zero-order chi connectivity index (χ0) is 16.8. The fourth-order valence-electron chi connectivity index (χ4n) is 2.78. The molecule has 1 aliphatic rings. The first-order valence-corrected chi connectivity index (χ1v) is 8.09. The lowest BCUT2D eigenvalue weighted by Gasteiger charge is -2.21. The Morgan fingerprint density at radius 2 is 1.91 bits per heavy atom. The van der Waals surface area contributed by atoms with Crippen molar-refractivity contribution in [2.45, 2.75) is 12.0 Å². The Balaban J connectivity index is 1.98. The first-order chi connectivity index (χ1) is 10.8. The highest BCUT2D eigenvalue weighted by molar-refractivity contribution is 9.10. The van der Waals surface area contributed by atoms with E-state index in [0.717, 1.165) is 4.47 Å². The van der Waals surface area contributed by atoms with Crippen molar-refractivity contribution in [3.63, 3.8) is 0 Å². The van der Waals surface area contributed by atoms with Gasteiger partial charge in [0.1, 0.15) is 0 Å². The number of rotatable bonds is 3. The van der Waals surface area contributed by atoms with Crippen LogP contribution in [-0.2, 0) is 10.4 Å². The van der Waals surface area contributed by atoms with Crippen LogP contribution < -0.4 is 4.90 Å². The van der Waals surface area contributed by atoms with Crippen LogP contribution in [0.5, 0.6) is 0 Å². The maximum absolute atomic E-state index is 12.5. The predicted molar refractivity (Wildman–Crippen MR) is 91.8 cm³/mol. The lowest BCUT2D eigenvalue weighted by atomic mass is 9.88. The number of Topliss-reactive ketones (excluding diaryl/α,β-unsaturated/α-hetero) is 1. The van der Waals surface area contributed by atoms with Gasteiger partial charge >= 0.3 is 0 Å². The van der Waals surface area contributed by atoms with Gasteiger partial charge in [0, 0.05) is 27.7 Å². The third-order valence-electron chi connectivity index (χ3n) is 4.01. The molecular weight excluding hydrogens is 382 g/mol. The number of halogens is 2. The number of aliphatic hydroxyl groups is 1. The normalized spacial score (nSPS) is 19.8. The van der Waals surface area contributed by atoms with Gasteiger partial charge < -0.3 is 10.0 Å². The van der Waals surface area contributed by atoms with Crippen molar-refractivity contribution in [2.24, 2.45) is 0 Å². The van der Waals surface area contributed by atoms with Crippen molar-refractivity contribution >= 4 is 44.9 Å². The number of ketones is 1. The van der Waals surface area contributed by atoms with E-state index in [-0.39, 0.29) is 12.2 Å². The van der Waals surface area contributed by atoms with Gasteiger partial charge in [-0.05, 0) is 30.3 Å². The highest BCUT2D eigenvalue weighted by Crippen LogP contribution is 2.43. The number of carbonyl (C=O) groups excluding carboxylic acids is 2. The molecule has 0 bridgehead atoms. The molecule has 0 aliphatic carbocycles. The van der Waals surface area contributed by atoms with Gasteiger partial charge in [-0.3, -0.25) is 9.59 Å². The molecule has 1 amide bonds. The van der Waals surface area contributed by atoms with E-state index in [4.69, 9.17) is 11.6 Å². The van der Waals surface area contributed by atoms with Gasteiger partial charge in [-0.1, -0.05) is 39.7 Å². The summed E-state index contributed by atoms with van der Waals surface area (Å²) in [6.07, 6.45) is -0.328. The van der Waals surface area contributed by atoms with Crippen molar-refractivity contribution in [3.8, 4) is 0 Å². The van der Waals surface area contributed by atoms with E-state index in [9.17, 15) is 14.7 Å². The van der Waals surface area contributed by atoms with Crippen molar-refractivity contribution in [1.29, 1.82) is 0 Å². The smallest absolute Gasteiger partial charge is 0.263 e. The number of carbonyl (C=O) groups is 2. The van der Waals surface area contributed by atoms with Crippen LogP contribution in [0.4, 0.5) is 5.69 Å². The lowest BCUT2D eigenvalue weighted by Crippen LogP contribution is -2.40. The van der Waals surface area contributed by atoms with Crippen LogP contribution in [0.15, 0.2) is 46.9 Å². The number of fused-ring (bicyclic) bond motifs is 1. The third kappa shape index (κ3) is 2.69. The summed E-state index contributed by atoms with van der Waals surface area (Å²) in [7, 11) is 1.57. The van der Waals surface area contributed by atoms with E-state index in [2.05, 4.69) is 15.9 Å². The first kappa shape index (κ1) is 16.2. The summed E-state index contributed by atoms with van der Waals surface area (Å²) in [5.41, 5.74) is -0.528. The number of hydrogen-bond acceptors (Lipinski definition) is 3. The summed E-state index contributed by atoms with van der Waals surface area (Å²) in [5.74, 6) is -0.838. The molecule has 118 valence electrons. The minimum Gasteiger partial charge on any atom is -0.375 e. The molecule has 23 heavy (non-hydrogen) atoms. The van der Waals surface area contributed by atoms with Crippen LogP contribution in [0.1, 0.15) is 22.3 Å². The highest BCUT2D eigenvalue weighted by atomic mass is 79.9. The zero-order valence-corrected chi connectivity index (χ0v) is 14.6. The highest BCUT2D eigenvalue weighted by Gasteiger charge is 2.49. The molecule has 0 aromatic heterocycles. The maximum atomic E-state index is 12.5. The lowest BCUT2D eigenvalue weighted by molar-refractivity contribution is -0.135. The fourth-order valence-corrected chi connectivity index (χ4v) is 3.21. The van der Waals surface area contributed by atoms with Crippen LogP contribution >= 0.6 is 27.5 Å². The van der Waals surface area contributed by atoms with Crippen molar-refractivity contribution in [1.82, 2.24) is 0 Å². The van der Waals surface area contributed by atoms with E-state index in [0.29, 0.717) is 21.8 Å². The zero-order valence-electron chi connectivity index (χ0n) is 12.2. The predicted octanol–water partition coefficient (Wildman–Crippen LogP) is 3.54. The molecule has 1 N–H and O–H groups in total. The Morgan fingerprint density at radius 3 is 2.57 bits per heavy atom. The second-order valence-corrected chi connectivity index (χ2v) is 6.84. The Kier molecular flexibility index (Phi) is 4.04. The molecule has 1 aliphatic heterocycles. The van der Waals surface area contributed by atoms with E-state index >= 15 is 0 Å². The Morgan fingerprint density at radius 1 is 1.26 bits per heavy atom. The molecule has 0 unspecified atom stereocenters. The average molecular weight is 395 g/mol. The SMILES string of the molecule is CN1C(=O)[C@@](O)(CC(=O)c2ccc(Br)cc2)c2cc(Cl)ccc21. The molecule has 0 saturated heterocycles. The number of hydrogen-bond donors (Lipinski definition) is 1. The van der Waals surface area contributed by atoms with Gasteiger partial charge in [0.05, 0.1) is 12.1 Å². The van der Waals surface area contributed by atoms with Gasteiger partial charge in [0.2, 0.25) is 0 Å². The molecule has 3 rings (SSSR count). The molecule has 6 heteroatoms. The van der Waals surface area contributed by atoms with Crippen LogP contribution in [0.3, 0.4) is 0 Å². The van der Waals surface area contributed by atoms with Gasteiger partial charge in [-0.25, -0.2) is 0 Å². The van der Waals surface area contributed by atoms with Crippen LogP contribution in [-0.4, -0.2) is 23.8 Å². The summed E-state index contributed by atoms with van der Waals surface area (Å²) in [5, 5.41) is 11.3. The first-order valence-electron chi connectivity index (χ1n) is 6.92. The monoisotopic (exact) mass is 393 g/mol. The second kappa shape index (κ2) is 5.74. The number of amides is 1. The standard InChI is InChI=1S/C17H13BrClNO3/c1-20-14-7-6-12(19)8-13(14)17(23,16(20)22)9-15(21)10-2-4-11(18)5-3-10/h2-8,23H,9H2,1H3/t17-/m1/s1. The molecule has 2 aromatic carbocycles. The Labute approximate surface area is 146 Å². The molecule has 0 spiro atoms. The molecule has 4 nitrogen and oxygen atoms in total. The summed E-state index contributed by atoms with van der Waals surface area (Å²) in [6, 6.07) is 11.6. The third-order valence-corrected chi connectivity index (χ3v) is 4.77.